The van der Waals surface area contributed by atoms with Gasteiger partial charge in [-0.05, 0) is 110 Å². The Morgan fingerprint density at radius 1 is 0.960 bits per heavy atom. The number of amides is 5. The lowest BCUT2D eigenvalue weighted by atomic mass is 9.94. The van der Waals surface area contributed by atoms with E-state index in [1.165, 1.54) is 0 Å². The van der Waals surface area contributed by atoms with Crippen LogP contribution in [0.15, 0.2) is 66.7 Å². The molecular weight excluding hydrogens is 632 g/mol. The van der Waals surface area contributed by atoms with Gasteiger partial charge in [-0.1, -0.05) is 36.4 Å². The number of anilines is 2. The van der Waals surface area contributed by atoms with E-state index in [0.717, 1.165) is 65.8 Å². The highest BCUT2D eigenvalue weighted by atomic mass is 16.5. The second-order valence-electron chi connectivity index (χ2n) is 13.7. The molecule has 11 heteroatoms. The van der Waals surface area contributed by atoms with E-state index in [9.17, 15) is 19.2 Å². The fraction of sp³-hybridized carbons (Fsp3) is 0.436. The van der Waals surface area contributed by atoms with E-state index < -0.39 is 24.0 Å². The van der Waals surface area contributed by atoms with E-state index in [1.54, 1.807) is 15.9 Å². The predicted molar refractivity (Wildman–Crippen MR) is 193 cm³/mol. The molecule has 5 N–H and O–H groups in total. The summed E-state index contributed by atoms with van der Waals surface area (Å²) in [4.78, 5) is 59.1. The van der Waals surface area contributed by atoms with Crippen molar-refractivity contribution in [1.82, 2.24) is 20.9 Å². The third-order valence-electron chi connectivity index (χ3n) is 10.1. The van der Waals surface area contributed by atoms with E-state index in [2.05, 4.69) is 16.0 Å². The number of nitrogen functional groups attached to an aromatic ring is 1. The summed E-state index contributed by atoms with van der Waals surface area (Å²) in [5.74, 6) is -0.138. The van der Waals surface area contributed by atoms with Gasteiger partial charge in [-0.15, -0.1) is 0 Å². The lowest BCUT2D eigenvalue weighted by Crippen LogP contribution is -2.57. The molecule has 6 rings (SSSR count). The molecule has 4 bridgehead atoms. The van der Waals surface area contributed by atoms with Crippen molar-refractivity contribution in [2.24, 2.45) is 5.92 Å². The Labute approximate surface area is 293 Å². The average Bonchev–Trinajstić information content (AvgIpc) is 3.12. The minimum atomic E-state index is -1.19. The molecule has 3 aliphatic heterocycles. The van der Waals surface area contributed by atoms with Gasteiger partial charge in [0.15, 0.2) is 0 Å². The van der Waals surface area contributed by atoms with Crippen molar-refractivity contribution in [1.29, 1.82) is 0 Å². The summed E-state index contributed by atoms with van der Waals surface area (Å²) in [7, 11) is 0. The Bertz CT molecular complexity index is 1700. The number of hydrogen-bond acceptors (Lipinski definition) is 6. The van der Waals surface area contributed by atoms with Gasteiger partial charge in [-0.2, -0.15) is 0 Å². The molecule has 0 radical (unpaired) electrons. The zero-order chi connectivity index (χ0) is 35.0. The molecular formula is C39H48N6O5. The fourth-order valence-electron chi connectivity index (χ4n) is 7.17. The highest BCUT2D eigenvalue weighted by Crippen LogP contribution is 2.29. The lowest BCUT2D eigenvalue weighted by molar-refractivity contribution is -0.137. The van der Waals surface area contributed by atoms with E-state index in [4.69, 9.17) is 10.5 Å². The quantitative estimate of drug-likeness (QED) is 0.303. The zero-order valence-corrected chi connectivity index (χ0v) is 28.8. The Morgan fingerprint density at radius 2 is 1.80 bits per heavy atom. The van der Waals surface area contributed by atoms with E-state index in [0.29, 0.717) is 44.8 Å². The molecule has 3 atom stereocenters. The van der Waals surface area contributed by atoms with Crippen LogP contribution < -0.4 is 31.3 Å². The number of hydrogen-bond donors (Lipinski definition) is 4. The molecule has 50 heavy (non-hydrogen) atoms. The topological polar surface area (TPSA) is 146 Å². The van der Waals surface area contributed by atoms with Crippen LogP contribution in [0.4, 0.5) is 16.2 Å². The summed E-state index contributed by atoms with van der Waals surface area (Å²) in [6.45, 7) is 4.36. The number of aryl methyl sites for hydroxylation is 3. The van der Waals surface area contributed by atoms with Crippen molar-refractivity contribution < 1.29 is 23.9 Å². The first-order valence-electron chi connectivity index (χ1n) is 17.8. The number of carbonyl (C=O) groups excluding carboxylic acids is 4. The first kappa shape index (κ1) is 34.8. The van der Waals surface area contributed by atoms with Crippen molar-refractivity contribution in [3.63, 3.8) is 0 Å². The van der Waals surface area contributed by atoms with Crippen molar-refractivity contribution in [3.8, 4) is 5.75 Å². The van der Waals surface area contributed by atoms with Crippen molar-refractivity contribution >= 4 is 35.1 Å². The number of benzene rings is 3. The highest BCUT2D eigenvalue weighted by Gasteiger charge is 2.34. The number of carbonyl (C=O) groups is 4. The van der Waals surface area contributed by atoms with Gasteiger partial charge in [0.25, 0.3) is 0 Å². The van der Waals surface area contributed by atoms with E-state index >= 15 is 0 Å². The highest BCUT2D eigenvalue weighted by molar-refractivity contribution is 5.99. The maximum absolute atomic E-state index is 14.2. The number of nitrogens with zero attached hydrogens (tertiary/aromatic N) is 2. The Kier molecular flexibility index (Phi) is 11.2. The van der Waals surface area contributed by atoms with Gasteiger partial charge in [-0.25, -0.2) is 4.79 Å². The van der Waals surface area contributed by atoms with Crippen LogP contribution in [-0.4, -0.2) is 67.0 Å². The van der Waals surface area contributed by atoms with Gasteiger partial charge in [-0.3, -0.25) is 19.3 Å². The smallest absolute Gasteiger partial charge is 0.322 e. The molecule has 1 unspecified atom stereocenters. The number of piperidine rings is 1. The summed E-state index contributed by atoms with van der Waals surface area (Å²) >= 11 is 0. The van der Waals surface area contributed by atoms with Crippen molar-refractivity contribution in [2.75, 3.05) is 36.9 Å². The van der Waals surface area contributed by atoms with E-state index in [-0.39, 0.29) is 30.7 Å². The maximum Gasteiger partial charge on any atom is 0.322 e. The number of urea groups is 1. The van der Waals surface area contributed by atoms with Crippen LogP contribution in [0.3, 0.4) is 0 Å². The van der Waals surface area contributed by atoms with Crippen LogP contribution in [0, 0.1) is 12.8 Å². The number of nitrogens with two attached hydrogens (primary N) is 1. The molecule has 5 amide bonds. The minimum absolute atomic E-state index is 0.211. The summed E-state index contributed by atoms with van der Waals surface area (Å²) in [6.07, 6.45) is 4.79. The van der Waals surface area contributed by atoms with Gasteiger partial charge in [0.1, 0.15) is 17.8 Å². The summed E-state index contributed by atoms with van der Waals surface area (Å²) in [5, 5.41) is 8.83. The van der Waals surface area contributed by atoms with Gasteiger partial charge in [0.2, 0.25) is 17.7 Å². The van der Waals surface area contributed by atoms with Crippen molar-refractivity contribution in [3.05, 3.63) is 89.0 Å². The molecule has 1 saturated heterocycles. The van der Waals surface area contributed by atoms with Crippen LogP contribution >= 0.6 is 0 Å². The standard InChI is InChI=1S/C39H48N6O5/c1-26-11-14-32-22-30(26)24-41-37(47)33(15-12-27-7-3-2-4-8-27)42-38(48)34(23-36(46)44-18-5-9-28(25-44)17-20-50-32)43-39(49)45-19-6-10-29-21-31(40)13-16-35(29)45/h2-4,7-8,11,13-14,16,21-22,28,33-34H,5-6,9-10,12,15,17-20,23-25,40H2,1H3,(H,41,47)(H,42,48)(H,43,49)/t28?,33-,34-/m0/s1. The predicted octanol–water partition coefficient (Wildman–Crippen LogP) is 4.25. The zero-order valence-electron chi connectivity index (χ0n) is 28.8. The molecule has 0 saturated carbocycles. The molecule has 11 nitrogen and oxygen atoms in total. The molecule has 0 spiro atoms. The Balaban J connectivity index is 1.28. The van der Waals surface area contributed by atoms with Gasteiger partial charge in [0.05, 0.1) is 13.0 Å². The SMILES string of the molecule is Cc1ccc2cc1CNC(=O)[C@H](CCc1ccccc1)NC(=O)[C@@H](NC(=O)N1CCCc3cc(N)ccc31)CC(=O)N1CCCC(CCO2)C1. The number of nitrogens with one attached hydrogen (secondary N) is 3. The molecule has 3 heterocycles. The largest absolute Gasteiger partial charge is 0.494 e. The monoisotopic (exact) mass is 680 g/mol. The van der Waals surface area contributed by atoms with Crippen LogP contribution in [-0.2, 0) is 33.8 Å². The number of fused-ring (bicyclic) bond motifs is 5. The fourth-order valence-corrected chi connectivity index (χ4v) is 7.17. The summed E-state index contributed by atoms with van der Waals surface area (Å²) < 4.78 is 6.13. The van der Waals surface area contributed by atoms with Crippen LogP contribution in [0.1, 0.15) is 60.8 Å². The third kappa shape index (κ3) is 8.74. The average molecular weight is 681 g/mol. The van der Waals surface area contributed by atoms with Crippen LogP contribution in [0.2, 0.25) is 0 Å². The first-order chi connectivity index (χ1) is 24.2. The molecule has 3 aromatic carbocycles. The minimum Gasteiger partial charge on any atom is -0.494 e. The van der Waals surface area contributed by atoms with Gasteiger partial charge >= 0.3 is 6.03 Å². The molecule has 3 aliphatic rings. The van der Waals surface area contributed by atoms with Crippen LogP contribution in [0.5, 0.6) is 5.75 Å². The second kappa shape index (κ2) is 16.1. The number of rotatable bonds is 4. The van der Waals surface area contributed by atoms with Crippen molar-refractivity contribution in [2.45, 2.75) is 76.9 Å². The number of ether oxygens (including phenoxy) is 1. The van der Waals surface area contributed by atoms with Gasteiger partial charge in [0, 0.05) is 37.6 Å². The molecule has 0 aromatic heterocycles. The molecule has 264 valence electrons. The first-order valence-corrected chi connectivity index (χ1v) is 17.8. The lowest BCUT2D eigenvalue weighted by Gasteiger charge is -2.35. The maximum atomic E-state index is 14.2. The van der Waals surface area contributed by atoms with Gasteiger partial charge < -0.3 is 31.3 Å². The van der Waals surface area contributed by atoms with E-state index in [1.807, 2.05) is 67.6 Å². The normalized spacial score (nSPS) is 21.9. The second-order valence-corrected chi connectivity index (χ2v) is 13.7. The Hall–Kier alpha value is -5.06. The molecule has 0 aliphatic carbocycles. The summed E-state index contributed by atoms with van der Waals surface area (Å²) in [5.41, 5.74) is 11.3. The summed E-state index contributed by atoms with van der Waals surface area (Å²) in [6, 6.07) is 18.5. The molecule has 1 fully saturated rings. The Morgan fingerprint density at radius 3 is 2.64 bits per heavy atom. The third-order valence-corrected chi connectivity index (χ3v) is 10.1. The van der Waals surface area contributed by atoms with Crippen LogP contribution in [0.25, 0.3) is 0 Å². The molecule has 3 aromatic rings.